The maximum atomic E-state index is 14.3. The van der Waals surface area contributed by atoms with Crippen LogP contribution in [0.15, 0.2) is 83.8 Å². The third-order valence-electron chi connectivity index (χ3n) is 7.69. The van der Waals surface area contributed by atoms with Gasteiger partial charge in [0.1, 0.15) is 11.5 Å². The molecule has 0 N–H and O–H groups in total. The molecule has 0 amide bonds. The van der Waals surface area contributed by atoms with Crippen LogP contribution in [0.4, 0.5) is 4.39 Å². The summed E-state index contributed by atoms with van der Waals surface area (Å²) in [6, 6.07) is 12.7. The fraction of sp³-hybridized carbons (Fsp3) is 0.241. The number of Topliss-reactive ketones (excluding diaryl/α,β-unsaturated/α-hetero) is 1. The van der Waals surface area contributed by atoms with Crippen molar-refractivity contribution in [3.8, 4) is 5.69 Å². The van der Waals surface area contributed by atoms with Crippen LogP contribution in [-0.4, -0.2) is 39.2 Å². The lowest BCUT2D eigenvalue weighted by Gasteiger charge is -2.43. The summed E-state index contributed by atoms with van der Waals surface area (Å²) in [7, 11) is -3.69. The lowest BCUT2D eigenvalue weighted by molar-refractivity contribution is 0.0796. The van der Waals surface area contributed by atoms with E-state index in [-0.39, 0.29) is 22.9 Å². The molecule has 0 saturated heterocycles. The molecule has 0 aliphatic heterocycles. The second kappa shape index (κ2) is 9.09. The van der Waals surface area contributed by atoms with Crippen LogP contribution in [0.5, 0.6) is 0 Å². The minimum atomic E-state index is -3.69. The molecule has 4 aromatic rings. The van der Waals surface area contributed by atoms with Crippen LogP contribution in [0.3, 0.4) is 0 Å². The van der Waals surface area contributed by atoms with E-state index in [0.29, 0.717) is 30.6 Å². The van der Waals surface area contributed by atoms with Gasteiger partial charge in [-0.2, -0.15) is 5.10 Å². The zero-order valence-electron chi connectivity index (χ0n) is 20.7. The number of rotatable bonds is 5. The molecule has 3 heterocycles. The van der Waals surface area contributed by atoms with Crippen LogP contribution in [0, 0.1) is 18.2 Å². The van der Waals surface area contributed by atoms with E-state index in [1.54, 1.807) is 35.3 Å². The van der Waals surface area contributed by atoms with E-state index in [1.165, 1.54) is 36.7 Å². The lowest BCUT2D eigenvalue weighted by Crippen LogP contribution is -2.45. The number of pyridine rings is 2. The zero-order valence-corrected chi connectivity index (χ0v) is 21.5. The fourth-order valence-corrected chi connectivity index (χ4v) is 7.56. The average Bonchev–Trinajstić information content (AvgIpc) is 3.34. The van der Waals surface area contributed by atoms with E-state index in [4.69, 9.17) is 0 Å². The molecule has 9 heteroatoms. The van der Waals surface area contributed by atoms with Crippen LogP contribution in [0.1, 0.15) is 46.6 Å². The van der Waals surface area contributed by atoms with E-state index >= 15 is 0 Å². The summed E-state index contributed by atoms with van der Waals surface area (Å²) < 4.78 is 42.6. The normalized spacial score (nSPS) is 20.8. The van der Waals surface area contributed by atoms with E-state index in [0.717, 1.165) is 22.4 Å². The van der Waals surface area contributed by atoms with Gasteiger partial charge in [0.15, 0.2) is 15.6 Å². The van der Waals surface area contributed by atoms with Crippen molar-refractivity contribution in [3.63, 3.8) is 0 Å². The average molecular weight is 529 g/mol. The Kier molecular flexibility index (Phi) is 5.83. The first kappa shape index (κ1) is 24.4. The number of hydrogen-bond acceptors (Lipinski definition) is 6. The Bertz CT molecular complexity index is 1680. The molecule has 1 aromatic carbocycles. The molecule has 38 heavy (non-hydrogen) atoms. The highest BCUT2D eigenvalue weighted by atomic mass is 32.2. The maximum Gasteiger partial charge on any atom is 0.191 e. The van der Waals surface area contributed by atoms with Gasteiger partial charge in [-0.1, -0.05) is 5.57 Å². The van der Waals surface area contributed by atoms with Crippen molar-refractivity contribution in [3.05, 3.63) is 107 Å². The first-order valence-electron chi connectivity index (χ1n) is 12.4. The SMILES string of the molecule is Cc1ccnc(C(=O)[C@]23Cc4cnn(-c5ccc(F)cc5)c4C=C2CC[C@H](S(=O)(=O)c2ccncc2)C3)c1. The summed E-state index contributed by atoms with van der Waals surface area (Å²) in [4.78, 5) is 22.8. The number of halogens is 1. The van der Waals surface area contributed by atoms with Crippen molar-refractivity contribution in [2.75, 3.05) is 0 Å². The first-order chi connectivity index (χ1) is 18.3. The highest BCUT2D eigenvalue weighted by Gasteiger charge is 2.52. The predicted molar refractivity (Wildman–Crippen MR) is 140 cm³/mol. The third kappa shape index (κ3) is 3.98. The molecule has 0 unspecified atom stereocenters. The van der Waals surface area contributed by atoms with E-state index in [9.17, 15) is 17.6 Å². The van der Waals surface area contributed by atoms with Crippen LogP contribution in [0.2, 0.25) is 0 Å². The van der Waals surface area contributed by atoms with Gasteiger partial charge >= 0.3 is 0 Å². The van der Waals surface area contributed by atoms with Crippen molar-refractivity contribution >= 4 is 21.7 Å². The van der Waals surface area contributed by atoms with Crippen molar-refractivity contribution in [1.82, 2.24) is 19.7 Å². The number of carbonyl (C=O) groups excluding carboxylic acids is 1. The number of carbonyl (C=O) groups is 1. The molecule has 0 bridgehead atoms. The van der Waals surface area contributed by atoms with Crippen LogP contribution >= 0.6 is 0 Å². The lowest BCUT2D eigenvalue weighted by atomic mass is 9.61. The molecule has 0 radical (unpaired) electrons. The first-order valence-corrected chi connectivity index (χ1v) is 14.0. The summed E-state index contributed by atoms with van der Waals surface area (Å²) in [6.07, 6.45) is 9.53. The Labute approximate surface area is 220 Å². The van der Waals surface area contributed by atoms with Crippen LogP contribution < -0.4 is 0 Å². The highest BCUT2D eigenvalue weighted by molar-refractivity contribution is 7.92. The third-order valence-corrected chi connectivity index (χ3v) is 9.90. The Morgan fingerprint density at radius 3 is 2.58 bits per heavy atom. The van der Waals surface area contributed by atoms with Gasteiger partial charge in [-0.15, -0.1) is 0 Å². The summed E-state index contributed by atoms with van der Waals surface area (Å²) in [5.41, 5.74) is 3.41. The Hall–Kier alpha value is -3.98. The molecular formula is C29H25FN4O3S. The van der Waals surface area contributed by atoms with E-state index in [1.807, 2.05) is 19.1 Å². The monoisotopic (exact) mass is 528 g/mol. The van der Waals surface area contributed by atoms with Gasteiger partial charge in [-0.25, -0.2) is 17.5 Å². The second-order valence-corrected chi connectivity index (χ2v) is 12.2. The van der Waals surface area contributed by atoms with Gasteiger partial charge in [-0.3, -0.25) is 14.8 Å². The number of fused-ring (bicyclic) bond motifs is 2. The minimum absolute atomic E-state index is 0.152. The molecule has 7 nitrogen and oxygen atoms in total. The number of ketones is 1. The molecule has 0 spiro atoms. The number of benzene rings is 1. The molecule has 1 saturated carbocycles. The van der Waals surface area contributed by atoms with Crippen molar-refractivity contribution < 1.29 is 17.6 Å². The maximum absolute atomic E-state index is 14.3. The predicted octanol–water partition coefficient (Wildman–Crippen LogP) is 4.95. The summed E-state index contributed by atoms with van der Waals surface area (Å²) in [5.74, 6) is -0.514. The van der Waals surface area contributed by atoms with Crippen LogP contribution in [-0.2, 0) is 16.3 Å². The molecule has 2 aliphatic carbocycles. The number of aryl methyl sites for hydroxylation is 1. The van der Waals surface area contributed by atoms with Crippen molar-refractivity contribution in [1.29, 1.82) is 0 Å². The quantitative estimate of drug-likeness (QED) is 0.341. The minimum Gasteiger partial charge on any atom is -0.291 e. The summed E-state index contributed by atoms with van der Waals surface area (Å²) in [5, 5.41) is 3.81. The van der Waals surface area contributed by atoms with Crippen LogP contribution in [0.25, 0.3) is 11.8 Å². The summed E-state index contributed by atoms with van der Waals surface area (Å²) in [6.45, 7) is 1.90. The van der Waals surface area contributed by atoms with E-state index in [2.05, 4.69) is 15.1 Å². The largest absolute Gasteiger partial charge is 0.291 e. The van der Waals surface area contributed by atoms with Crippen molar-refractivity contribution in [2.24, 2.45) is 5.41 Å². The molecule has 1 fully saturated rings. The molecular weight excluding hydrogens is 503 g/mol. The molecule has 6 rings (SSSR count). The smallest absolute Gasteiger partial charge is 0.191 e. The van der Waals surface area contributed by atoms with E-state index < -0.39 is 20.5 Å². The van der Waals surface area contributed by atoms with Gasteiger partial charge in [0.25, 0.3) is 0 Å². The number of aromatic nitrogens is 4. The van der Waals surface area contributed by atoms with Gasteiger partial charge in [0, 0.05) is 18.6 Å². The number of sulfone groups is 1. The molecule has 2 atom stereocenters. The van der Waals surface area contributed by atoms with Gasteiger partial charge < -0.3 is 0 Å². The number of hydrogen-bond donors (Lipinski definition) is 0. The number of nitrogens with zero attached hydrogens (tertiary/aromatic N) is 4. The van der Waals surface area contributed by atoms with Crippen molar-refractivity contribution in [2.45, 2.75) is 42.8 Å². The zero-order chi connectivity index (χ0) is 26.5. The topological polar surface area (TPSA) is 94.8 Å². The standard InChI is InChI=1S/C29H25FN4O3S/c1-19-8-13-32-26(14-19)28(35)29-16-20-18-33-34(23-5-3-22(30)4-6-23)27(20)15-21(29)2-7-25(17-29)38(36,37)24-9-11-31-12-10-24/h3-6,8-15,18,25H,2,7,16-17H2,1H3/t25-,29-/m0/s1. The highest BCUT2D eigenvalue weighted by Crippen LogP contribution is 2.51. The Balaban J connectivity index is 1.46. The fourth-order valence-electron chi connectivity index (χ4n) is 5.74. The van der Waals surface area contributed by atoms with Gasteiger partial charge in [-0.05, 0) is 98.3 Å². The number of allylic oxidation sites excluding steroid dienone is 1. The van der Waals surface area contributed by atoms with Gasteiger partial charge in [0.2, 0.25) is 0 Å². The summed E-state index contributed by atoms with van der Waals surface area (Å²) >= 11 is 0. The Morgan fingerprint density at radius 2 is 1.84 bits per heavy atom. The van der Waals surface area contributed by atoms with Gasteiger partial charge in [0.05, 0.1) is 33.1 Å². The molecule has 192 valence electrons. The molecule has 3 aromatic heterocycles. The Morgan fingerprint density at radius 1 is 1.08 bits per heavy atom. The second-order valence-electron chi connectivity index (χ2n) is 10.0. The molecule has 2 aliphatic rings.